The Morgan fingerprint density at radius 1 is 1.17 bits per heavy atom. The van der Waals surface area contributed by atoms with Gasteiger partial charge in [0, 0.05) is 29.8 Å². The predicted molar refractivity (Wildman–Crippen MR) is 120 cm³/mol. The summed E-state index contributed by atoms with van der Waals surface area (Å²) in [5, 5.41) is 3.38. The second-order valence-corrected chi connectivity index (χ2v) is 6.06. The lowest BCUT2D eigenvalue weighted by atomic mass is 10.2. The number of rotatable bonds is 8. The van der Waals surface area contributed by atoms with E-state index in [0.29, 0.717) is 16.5 Å². The SMILES string of the molecule is C=N/C(C(N)=O)=C(/NC)Sc1ccc(OC)nc1.CN.COc1ccc(C=O)cc1. The first-order chi connectivity index (χ1) is 14.5. The minimum Gasteiger partial charge on any atom is -0.497 e. The molecular weight excluding hydrogens is 406 g/mol. The molecule has 0 aliphatic carbocycles. The topological polar surface area (TPSA) is 142 Å². The summed E-state index contributed by atoms with van der Waals surface area (Å²) < 4.78 is 9.85. The number of nitrogens with zero attached hydrogens (tertiary/aromatic N) is 2. The third-order valence-corrected chi connectivity index (χ3v) is 4.30. The molecular formula is C20H27N5O4S. The first-order valence-corrected chi connectivity index (χ1v) is 9.34. The molecule has 0 radical (unpaired) electrons. The number of nitrogens with two attached hydrogens (primary N) is 2. The van der Waals surface area contributed by atoms with Gasteiger partial charge in [-0.05, 0) is 44.1 Å². The molecule has 0 fully saturated rings. The standard InChI is InChI=1S/C11H14N4O2S.C8H8O2.CH5N/c1-13-9(10(12)16)11(14-2)18-7-4-5-8(17-3)15-6-7;1-10-8-4-2-7(6-9)3-5-8;1-2/h4-6,14H,1H2,2-3H3,(H2,12,16);2-6H,1H3;2H2,1H3/b11-9-;;. The van der Waals surface area contributed by atoms with Gasteiger partial charge in [0.05, 0.1) is 14.2 Å². The van der Waals surface area contributed by atoms with Crippen LogP contribution in [0.5, 0.6) is 11.6 Å². The van der Waals surface area contributed by atoms with Crippen LogP contribution < -0.4 is 26.3 Å². The van der Waals surface area contributed by atoms with E-state index >= 15 is 0 Å². The van der Waals surface area contributed by atoms with Gasteiger partial charge in [0.15, 0.2) is 5.70 Å². The van der Waals surface area contributed by atoms with E-state index in [2.05, 4.69) is 27.7 Å². The summed E-state index contributed by atoms with van der Waals surface area (Å²) in [5.74, 6) is 0.653. The average Bonchev–Trinajstić information content (AvgIpc) is 2.80. The van der Waals surface area contributed by atoms with Crippen LogP contribution in [-0.4, -0.2) is 52.2 Å². The van der Waals surface area contributed by atoms with Crippen molar-refractivity contribution in [1.29, 1.82) is 0 Å². The number of thioether (sulfide) groups is 1. The Labute approximate surface area is 180 Å². The van der Waals surface area contributed by atoms with Gasteiger partial charge >= 0.3 is 0 Å². The van der Waals surface area contributed by atoms with Gasteiger partial charge < -0.3 is 26.3 Å². The Morgan fingerprint density at radius 2 is 1.80 bits per heavy atom. The molecule has 0 saturated heterocycles. The third kappa shape index (κ3) is 9.22. The Kier molecular flexibility index (Phi) is 13.8. The van der Waals surface area contributed by atoms with Gasteiger partial charge in [-0.15, -0.1) is 0 Å². The highest BCUT2D eigenvalue weighted by Gasteiger charge is 2.11. The molecule has 162 valence electrons. The predicted octanol–water partition coefficient (Wildman–Crippen LogP) is 1.84. The maximum Gasteiger partial charge on any atom is 0.270 e. The normalized spacial score (nSPS) is 10.0. The summed E-state index contributed by atoms with van der Waals surface area (Å²) in [7, 11) is 6.31. The summed E-state index contributed by atoms with van der Waals surface area (Å²) in [6, 6.07) is 10.5. The van der Waals surface area contributed by atoms with Crippen LogP contribution in [0.2, 0.25) is 0 Å². The quantitative estimate of drug-likeness (QED) is 0.248. The highest BCUT2D eigenvalue weighted by Crippen LogP contribution is 2.27. The van der Waals surface area contributed by atoms with E-state index in [4.69, 9.17) is 15.2 Å². The molecule has 0 spiro atoms. The van der Waals surface area contributed by atoms with Crippen molar-refractivity contribution in [3.05, 3.63) is 58.9 Å². The molecule has 0 aliphatic rings. The zero-order valence-corrected chi connectivity index (χ0v) is 18.2. The third-order valence-electron chi connectivity index (χ3n) is 3.22. The average molecular weight is 434 g/mol. The van der Waals surface area contributed by atoms with E-state index in [1.807, 2.05) is 6.07 Å². The summed E-state index contributed by atoms with van der Waals surface area (Å²) in [5.41, 5.74) is 10.5. The smallest absolute Gasteiger partial charge is 0.270 e. The van der Waals surface area contributed by atoms with Crippen molar-refractivity contribution >= 4 is 30.7 Å². The van der Waals surface area contributed by atoms with Crippen molar-refractivity contribution in [2.24, 2.45) is 16.5 Å². The summed E-state index contributed by atoms with van der Waals surface area (Å²) in [6.45, 7) is 3.32. The van der Waals surface area contributed by atoms with Crippen LogP contribution in [0.25, 0.3) is 0 Å². The highest BCUT2D eigenvalue weighted by molar-refractivity contribution is 8.03. The van der Waals surface area contributed by atoms with Crippen molar-refractivity contribution in [2.45, 2.75) is 4.90 Å². The second kappa shape index (κ2) is 15.5. The molecule has 1 aromatic heterocycles. The van der Waals surface area contributed by atoms with E-state index in [0.717, 1.165) is 16.9 Å². The van der Waals surface area contributed by atoms with Gasteiger partial charge in [-0.2, -0.15) is 0 Å². The Hall–Kier alpha value is -3.37. The fourth-order valence-electron chi connectivity index (χ4n) is 1.83. The minimum absolute atomic E-state index is 0.0957. The van der Waals surface area contributed by atoms with Gasteiger partial charge in [0.25, 0.3) is 5.91 Å². The summed E-state index contributed by atoms with van der Waals surface area (Å²) >= 11 is 1.28. The molecule has 1 aromatic carbocycles. The Balaban J connectivity index is 0.000000590. The number of amides is 1. The molecule has 5 N–H and O–H groups in total. The van der Waals surface area contributed by atoms with Gasteiger partial charge in [-0.3, -0.25) is 14.6 Å². The maximum absolute atomic E-state index is 11.2. The second-order valence-electron chi connectivity index (χ2n) is 4.98. The van der Waals surface area contributed by atoms with E-state index < -0.39 is 5.91 Å². The van der Waals surface area contributed by atoms with Crippen molar-refractivity contribution in [3.8, 4) is 11.6 Å². The summed E-state index contributed by atoms with van der Waals surface area (Å²) in [6.07, 6.45) is 2.43. The van der Waals surface area contributed by atoms with E-state index in [-0.39, 0.29) is 5.70 Å². The van der Waals surface area contributed by atoms with Crippen LogP contribution in [0.1, 0.15) is 10.4 Å². The number of nitrogens with one attached hydrogen (secondary N) is 1. The molecule has 10 heteroatoms. The van der Waals surface area contributed by atoms with Crippen LogP contribution in [0.3, 0.4) is 0 Å². The van der Waals surface area contributed by atoms with E-state index in [1.54, 1.807) is 57.8 Å². The fourth-order valence-corrected chi connectivity index (χ4v) is 2.67. The molecule has 0 unspecified atom stereocenters. The van der Waals surface area contributed by atoms with Gasteiger partial charge in [-0.25, -0.2) is 4.98 Å². The van der Waals surface area contributed by atoms with Gasteiger partial charge in [0.1, 0.15) is 17.1 Å². The molecule has 2 rings (SSSR count). The largest absolute Gasteiger partial charge is 0.497 e. The summed E-state index contributed by atoms with van der Waals surface area (Å²) in [4.78, 5) is 29.8. The van der Waals surface area contributed by atoms with Crippen molar-refractivity contribution in [3.63, 3.8) is 0 Å². The minimum atomic E-state index is -0.636. The number of ether oxygens (including phenoxy) is 2. The first-order valence-electron chi connectivity index (χ1n) is 8.52. The van der Waals surface area contributed by atoms with Crippen LogP contribution >= 0.6 is 11.8 Å². The Bertz CT molecular complexity index is 824. The molecule has 2 aromatic rings. The monoisotopic (exact) mass is 433 g/mol. The number of aliphatic imine (C=N–C) groups is 1. The molecule has 0 aliphatic heterocycles. The lowest BCUT2D eigenvalue weighted by Crippen LogP contribution is -2.18. The van der Waals surface area contributed by atoms with Crippen LogP contribution in [0.4, 0.5) is 0 Å². The number of hydrogen-bond acceptors (Lipinski definition) is 9. The van der Waals surface area contributed by atoms with Gasteiger partial charge in [-0.1, -0.05) is 11.8 Å². The molecule has 0 bridgehead atoms. The highest BCUT2D eigenvalue weighted by atomic mass is 32.2. The Morgan fingerprint density at radius 3 is 2.17 bits per heavy atom. The van der Waals surface area contributed by atoms with Crippen molar-refractivity contribution in [2.75, 3.05) is 28.3 Å². The number of aromatic nitrogens is 1. The lowest BCUT2D eigenvalue weighted by Gasteiger charge is -2.08. The molecule has 9 nitrogen and oxygen atoms in total. The molecule has 0 atom stereocenters. The number of pyridine rings is 1. The van der Waals surface area contributed by atoms with Crippen LogP contribution in [-0.2, 0) is 4.79 Å². The molecule has 0 saturated carbocycles. The van der Waals surface area contributed by atoms with Gasteiger partial charge in [0.2, 0.25) is 5.88 Å². The van der Waals surface area contributed by atoms with Crippen LogP contribution in [0.15, 0.2) is 63.2 Å². The van der Waals surface area contributed by atoms with E-state index in [9.17, 15) is 9.59 Å². The fraction of sp³-hybridized carbons (Fsp3) is 0.200. The number of primary amides is 1. The molecule has 1 heterocycles. The first kappa shape index (κ1) is 26.6. The maximum atomic E-state index is 11.2. The van der Waals surface area contributed by atoms with E-state index in [1.165, 1.54) is 18.8 Å². The van der Waals surface area contributed by atoms with Crippen molar-refractivity contribution in [1.82, 2.24) is 10.3 Å². The zero-order chi connectivity index (χ0) is 22.9. The number of carbonyl (C=O) groups is 2. The lowest BCUT2D eigenvalue weighted by molar-refractivity contribution is -0.114. The van der Waals surface area contributed by atoms with Crippen LogP contribution in [0, 0.1) is 0 Å². The molecule has 30 heavy (non-hydrogen) atoms. The zero-order valence-electron chi connectivity index (χ0n) is 17.4. The number of carbonyl (C=O) groups excluding carboxylic acids is 2. The van der Waals surface area contributed by atoms with Crippen molar-refractivity contribution < 1.29 is 19.1 Å². The number of aldehydes is 1. The number of hydrogen-bond donors (Lipinski definition) is 3. The molecule has 1 amide bonds. The number of methoxy groups -OCH3 is 2. The number of benzene rings is 1.